The van der Waals surface area contributed by atoms with Gasteiger partial charge in [0.1, 0.15) is 0 Å². The molecule has 0 aliphatic rings. The van der Waals surface area contributed by atoms with Gasteiger partial charge in [-0.05, 0) is 12.1 Å². The number of hydrogen-bond donors (Lipinski definition) is 1. The molecular weight excluding hydrogens is 190 g/mol. The summed E-state index contributed by atoms with van der Waals surface area (Å²) in [6, 6.07) is 7.97. The lowest BCUT2D eigenvalue weighted by Crippen LogP contribution is -2.17. The summed E-state index contributed by atoms with van der Waals surface area (Å²) in [7, 11) is -2.15. The van der Waals surface area contributed by atoms with Crippen LogP contribution in [0.4, 0.5) is 0 Å². The van der Waals surface area contributed by atoms with E-state index in [2.05, 4.69) is 10.3 Å². The summed E-state index contributed by atoms with van der Waals surface area (Å²) in [6.07, 6.45) is 0. The van der Waals surface area contributed by atoms with Gasteiger partial charge in [-0.2, -0.15) is 18.4 Å². The number of hydrogen-bond acceptors (Lipinski definition) is 4. The fraction of sp³-hybridized carbons (Fsp3) is 0.143. The first-order valence-corrected chi connectivity index (χ1v) is 5.01. The lowest BCUT2D eigenvalue weighted by atomic mass is 10.4. The van der Waals surface area contributed by atoms with Crippen LogP contribution < -0.4 is 4.83 Å². The summed E-state index contributed by atoms with van der Waals surface area (Å²) in [4.78, 5) is 2.12. The Morgan fingerprint density at radius 3 is 2.38 bits per heavy atom. The van der Waals surface area contributed by atoms with E-state index in [1.165, 1.54) is 19.2 Å². The maximum atomic E-state index is 11.3. The van der Waals surface area contributed by atoms with Crippen molar-refractivity contribution in [3.8, 4) is 0 Å². The van der Waals surface area contributed by atoms with Crippen molar-refractivity contribution in [3.05, 3.63) is 30.3 Å². The van der Waals surface area contributed by atoms with Crippen molar-refractivity contribution >= 4 is 10.0 Å². The van der Waals surface area contributed by atoms with Gasteiger partial charge in [0.2, 0.25) is 0 Å². The van der Waals surface area contributed by atoms with Crippen molar-refractivity contribution in [3.63, 3.8) is 0 Å². The molecule has 0 aliphatic heterocycles. The first-order valence-electron chi connectivity index (χ1n) is 3.52. The minimum atomic E-state index is -3.53. The number of rotatable bonds is 3. The second kappa shape index (κ2) is 3.99. The van der Waals surface area contributed by atoms with Crippen LogP contribution in [0.5, 0.6) is 0 Å². The lowest BCUT2D eigenvalue weighted by molar-refractivity contribution is 0.581. The van der Waals surface area contributed by atoms with Crippen molar-refractivity contribution in [1.82, 2.24) is 4.83 Å². The number of benzene rings is 1. The van der Waals surface area contributed by atoms with Crippen LogP contribution in [0, 0.1) is 0 Å². The topological polar surface area (TPSA) is 70.9 Å². The molecule has 0 radical (unpaired) electrons. The normalized spacial score (nSPS) is 11.8. The third-order valence-corrected chi connectivity index (χ3v) is 2.53. The maximum Gasteiger partial charge on any atom is 0.277 e. The fourth-order valence-electron chi connectivity index (χ4n) is 0.747. The second-order valence-corrected chi connectivity index (χ2v) is 3.87. The molecule has 0 saturated carbocycles. The summed E-state index contributed by atoms with van der Waals surface area (Å²) >= 11 is 0. The molecular formula is C7H9N3O2S. The van der Waals surface area contributed by atoms with Gasteiger partial charge in [0.15, 0.2) is 0 Å². The van der Waals surface area contributed by atoms with E-state index in [9.17, 15) is 8.42 Å². The van der Waals surface area contributed by atoms with Crippen LogP contribution in [0.25, 0.3) is 0 Å². The molecule has 70 valence electrons. The Labute approximate surface area is 76.5 Å². The SMILES string of the molecule is CN=NNS(=O)(=O)c1ccccc1. The first-order chi connectivity index (χ1) is 6.17. The number of sulfonamides is 1. The van der Waals surface area contributed by atoms with E-state index in [0.717, 1.165) is 0 Å². The highest BCUT2D eigenvalue weighted by molar-refractivity contribution is 7.89. The lowest BCUT2D eigenvalue weighted by Gasteiger charge is -2.00. The van der Waals surface area contributed by atoms with Gasteiger partial charge in [-0.1, -0.05) is 23.4 Å². The molecule has 0 spiro atoms. The van der Waals surface area contributed by atoms with Crippen LogP contribution in [-0.4, -0.2) is 15.5 Å². The van der Waals surface area contributed by atoms with Crippen LogP contribution in [0.2, 0.25) is 0 Å². The third kappa shape index (κ3) is 2.51. The molecule has 1 aromatic rings. The van der Waals surface area contributed by atoms with Gasteiger partial charge in [0, 0.05) is 0 Å². The molecule has 13 heavy (non-hydrogen) atoms. The van der Waals surface area contributed by atoms with E-state index < -0.39 is 10.0 Å². The summed E-state index contributed by atoms with van der Waals surface area (Å²) in [5, 5.41) is 6.49. The largest absolute Gasteiger partial charge is 0.277 e. The van der Waals surface area contributed by atoms with Gasteiger partial charge in [0.25, 0.3) is 10.0 Å². The van der Waals surface area contributed by atoms with Crippen LogP contribution in [-0.2, 0) is 10.0 Å². The summed E-state index contributed by atoms with van der Waals surface area (Å²) in [5.74, 6) is 0. The molecule has 0 bridgehead atoms. The average Bonchev–Trinajstić information content (AvgIpc) is 2.16. The highest BCUT2D eigenvalue weighted by Gasteiger charge is 2.10. The molecule has 0 saturated heterocycles. The van der Waals surface area contributed by atoms with Crippen molar-refractivity contribution in [2.45, 2.75) is 4.90 Å². The maximum absolute atomic E-state index is 11.3. The quantitative estimate of drug-likeness (QED) is 0.581. The monoisotopic (exact) mass is 199 g/mol. The molecule has 0 atom stereocenters. The van der Waals surface area contributed by atoms with Gasteiger partial charge in [0.05, 0.1) is 11.9 Å². The predicted octanol–water partition coefficient (Wildman–Crippen LogP) is 0.962. The average molecular weight is 199 g/mol. The summed E-state index contributed by atoms with van der Waals surface area (Å²) < 4.78 is 22.7. The van der Waals surface area contributed by atoms with Gasteiger partial charge < -0.3 is 0 Å². The van der Waals surface area contributed by atoms with Gasteiger partial charge >= 0.3 is 0 Å². The molecule has 6 heteroatoms. The highest BCUT2D eigenvalue weighted by Crippen LogP contribution is 2.06. The zero-order valence-electron chi connectivity index (χ0n) is 7.01. The van der Waals surface area contributed by atoms with E-state index in [1.807, 2.05) is 4.83 Å². The molecule has 1 aromatic carbocycles. The number of nitrogens with zero attached hydrogens (tertiary/aromatic N) is 2. The smallest absolute Gasteiger partial charge is 0.200 e. The molecule has 1 rings (SSSR count). The van der Waals surface area contributed by atoms with E-state index in [1.54, 1.807) is 18.2 Å². The van der Waals surface area contributed by atoms with E-state index >= 15 is 0 Å². The standard InChI is InChI=1S/C7H9N3O2S/c1-8-9-10-13(11,12)7-5-3-2-4-6-7/h2-6H,1H3,(H,8,10). The summed E-state index contributed by atoms with van der Waals surface area (Å²) in [5.41, 5.74) is 0. The minimum Gasteiger partial charge on any atom is -0.200 e. The molecule has 0 amide bonds. The minimum absolute atomic E-state index is 0.169. The Morgan fingerprint density at radius 1 is 1.23 bits per heavy atom. The highest BCUT2D eigenvalue weighted by atomic mass is 32.2. The Balaban J connectivity index is 2.95. The molecule has 0 heterocycles. The van der Waals surface area contributed by atoms with Crippen LogP contribution in [0.15, 0.2) is 45.6 Å². The zero-order valence-corrected chi connectivity index (χ0v) is 7.82. The number of nitrogens with one attached hydrogen (secondary N) is 1. The Kier molecular flexibility index (Phi) is 2.97. The molecule has 0 aromatic heterocycles. The summed E-state index contributed by atoms with van der Waals surface area (Å²) in [6.45, 7) is 0. The van der Waals surface area contributed by atoms with Crippen molar-refractivity contribution in [2.24, 2.45) is 10.3 Å². The van der Waals surface area contributed by atoms with Crippen molar-refractivity contribution < 1.29 is 8.42 Å². The van der Waals surface area contributed by atoms with Gasteiger partial charge in [-0.3, -0.25) is 0 Å². The molecule has 1 N–H and O–H groups in total. The Hall–Kier alpha value is -1.43. The molecule has 0 unspecified atom stereocenters. The molecule has 0 fully saturated rings. The van der Waals surface area contributed by atoms with Gasteiger partial charge in [-0.25, -0.2) is 0 Å². The van der Waals surface area contributed by atoms with Crippen LogP contribution >= 0.6 is 0 Å². The molecule has 5 nitrogen and oxygen atoms in total. The van der Waals surface area contributed by atoms with Crippen LogP contribution in [0.3, 0.4) is 0 Å². The first kappa shape index (κ1) is 9.66. The predicted molar refractivity (Wildman–Crippen MR) is 47.5 cm³/mol. The Morgan fingerprint density at radius 2 is 1.85 bits per heavy atom. The van der Waals surface area contributed by atoms with Gasteiger partial charge in [-0.15, -0.1) is 0 Å². The zero-order chi connectivity index (χ0) is 9.73. The molecule has 0 aliphatic carbocycles. The van der Waals surface area contributed by atoms with Crippen molar-refractivity contribution in [2.75, 3.05) is 7.05 Å². The van der Waals surface area contributed by atoms with E-state index in [4.69, 9.17) is 0 Å². The van der Waals surface area contributed by atoms with Crippen molar-refractivity contribution in [1.29, 1.82) is 0 Å². The Bertz CT molecular complexity index is 385. The second-order valence-electron chi connectivity index (χ2n) is 2.21. The van der Waals surface area contributed by atoms with E-state index in [0.29, 0.717) is 0 Å². The van der Waals surface area contributed by atoms with Crippen LogP contribution in [0.1, 0.15) is 0 Å². The van der Waals surface area contributed by atoms with E-state index in [-0.39, 0.29) is 4.90 Å². The third-order valence-electron chi connectivity index (χ3n) is 1.31. The fourth-order valence-corrected chi connectivity index (χ4v) is 1.56.